The normalized spacial score (nSPS) is 13.1. The zero-order valence-corrected chi connectivity index (χ0v) is 9.51. The van der Waals surface area contributed by atoms with Crippen LogP contribution in [0, 0.1) is 0 Å². The lowest BCUT2D eigenvalue weighted by Gasteiger charge is -2.36. The zero-order valence-electron chi connectivity index (χ0n) is 8.51. The fraction of sp³-hybridized carbons (Fsp3) is 0.750. The summed E-state index contributed by atoms with van der Waals surface area (Å²) in [5, 5.41) is -0.259. The van der Waals surface area contributed by atoms with Gasteiger partial charge in [0.15, 0.2) is 0 Å². The molecule has 0 N–H and O–H groups in total. The molecule has 0 saturated heterocycles. The van der Waals surface area contributed by atoms with E-state index in [4.69, 9.17) is 13.3 Å². The molecule has 0 atom stereocenters. The first-order valence-corrected chi connectivity index (χ1v) is 5.51. The van der Waals surface area contributed by atoms with Crippen LogP contribution in [-0.2, 0) is 13.3 Å². The van der Waals surface area contributed by atoms with Crippen LogP contribution in [0.1, 0.15) is 13.8 Å². The highest BCUT2D eigenvalue weighted by Gasteiger charge is 2.52. The molecule has 0 aliphatic rings. The standard InChI is InChI=1S/C8H18O3Si/c1-7-8(2,3)12(9-4,10-5)11-6/h7H,1H2,2-6H3. The summed E-state index contributed by atoms with van der Waals surface area (Å²) in [4.78, 5) is 0. The minimum atomic E-state index is -2.56. The average molecular weight is 190 g/mol. The Balaban J connectivity index is 4.81. The molecule has 72 valence electrons. The van der Waals surface area contributed by atoms with Gasteiger partial charge in [-0.1, -0.05) is 19.9 Å². The molecule has 0 amide bonds. The summed E-state index contributed by atoms with van der Waals surface area (Å²) in [6.45, 7) is 7.71. The summed E-state index contributed by atoms with van der Waals surface area (Å²) in [7, 11) is 2.24. The molecule has 0 unspecified atom stereocenters. The summed E-state index contributed by atoms with van der Waals surface area (Å²) in [5.41, 5.74) is 0. The Labute approximate surface area is 75.7 Å². The van der Waals surface area contributed by atoms with Crippen molar-refractivity contribution in [2.24, 2.45) is 0 Å². The Bertz CT molecular complexity index is 144. The predicted molar refractivity (Wildman–Crippen MR) is 51.0 cm³/mol. The van der Waals surface area contributed by atoms with Crippen molar-refractivity contribution in [1.29, 1.82) is 0 Å². The molecular weight excluding hydrogens is 172 g/mol. The summed E-state index contributed by atoms with van der Waals surface area (Å²) in [6, 6.07) is 0. The summed E-state index contributed by atoms with van der Waals surface area (Å²) >= 11 is 0. The van der Waals surface area contributed by atoms with Gasteiger partial charge in [0, 0.05) is 21.3 Å². The maximum atomic E-state index is 5.32. The van der Waals surface area contributed by atoms with Crippen molar-refractivity contribution in [3.05, 3.63) is 12.7 Å². The molecule has 0 fully saturated rings. The third kappa shape index (κ3) is 1.77. The Morgan fingerprint density at radius 2 is 1.42 bits per heavy atom. The van der Waals surface area contributed by atoms with Gasteiger partial charge in [0.25, 0.3) is 0 Å². The lowest BCUT2D eigenvalue weighted by Crippen LogP contribution is -2.51. The van der Waals surface area contributed by atoms with Crippen LogP contribution in [0.4, 0.5) is 0 Å². The molecule has 3 nitrogen and oxygen atoms in total. The second-order valence-corrected chi connectivity index (χ2v) is 6.72. The van der Waals surface area contributed by atoms with Gasteiger partial charge in [0.05, 0.1) is 5.04 Å². The first kappa shape index (κ1) is 11.8. The van der Waals surface area contributed by atoms with E-state index in [0.717, 1.165) is 0 Å². The van der Waals surface area contributed by atoms with Gasteiger partial charge in [0.2, 0.25) is 0 Å². The molecule has 12 heavy (non-hydrogen) atoms. The van der Waals surface area contributed by atoms with Gasteiger partial charge in [-0.2, -0.15) is 0 Å². The summed E-state index contributed by atoms with van der Waals surface area (Å²) in [5.74, 6) is 0. The molecule has 0 saturated carbocycles. The van der Waals surface area contributed by atoms with Crippen molar-refractivity contribution in [1.82, 2.24) is 0 Å². The van der Waals surface area contributed by atoms with E-state index in [1.807, 2.05) is 13.8 Å². The van der Waals surface area contributed by atoms with E-state index in [-0.39, 0.29) is 5.04 Å². The Hall–Kier alpha value is -0.163. The Morgan fingerprint density at radius 1 is 1.08 bits per heavy atom. The smallest absolute Gasteiger partial charge is 0.376 e. The summed E-state index contributed by atoms with van der Waals surface area (Å²) < 4.78 is 15.9. The van der Waals surface area contributed by atoms with Gasteiger partial charge < -0.3 is 13.3 Å². The molecule has 0 aromatic heterocycles. The SMILES string of the molecule is C=CC(C)(C)[Si](OC)(OC)OC. The van der Waals surface area contributed by atoms with Gasteiger partial charge in [-0.25, -0.2) is 0 Å². The highest BCUT2D eigenvalue weighted by Crippen LogP contribution is 2.38. The first-order valence-electron chi connectivity index (χ1n) is 3.78. The maximum absolute atomic E-state index is 5.32. The lowest BCUT2D eigenvalue weighted by atomic mass is 10.2. The van der Waals surface area contributed by atoms with E-state index < -0.39 is 8.80 Å². The maximum Gasteiger partial charge on any atom is 0.510 e. The third-order valence-electron chi connectivity index (χ3n) is 2.11. The van der Waals surface area contributed by atoms with Crippen LogP contribution in [0.3, 0.4) is 0 Å². The molecule has 0 aliphatic heterocycles. The number of allylic oxidation sites excluding steroid dienone is 1. The topological polar surface area (TPSA) is 27.7 Å². The van der Waals surface area contributed by atoms with Crippen molar-refractivity contribution in [2.75, 3.05) is 21.3 Å². The van der Waals surface area contributed by atoms with Crippen molar-refractivity contribution >= 4 is 8.80 Å². The largest absolute Gasteiger partial charge is 0.510 e. The predicted octanol–water partition coefficient (Wildman–Crippen LogP) is 1.83. The molecule has 0 radical (unpaired) electrons. The Kier molecular flexibility index (Phi) is 4.12. The van der Waals surface area contributed by atoms with Crippen molar-refractivity contribution in [3.63, 3.8) is 0 Å². The van der Waals surface area contributed by atoms with E-state index in [1.165, 1.54) is 0 Å². The van der Waals surface area contributed by atoms with Gasteiger partial charge >= 0.3 is 8.80 Å². The van der Waals surface area contributed by atoms with Crippen LogP contribution in [-0.4, -0.2) is 30.1 Å². The van der Waals surface area contributed by atoms with E-state index >= 15 is 0 Å². The van der Waals surface area contributed by atoms with Crippen molar-refractivity contribution in [2.45, 2.75) is 18.9 Å². The van der Waals surface area contributed by atoms with E-state index in [1.54, 1.807) is 27.4 Å². The molecule has 0 rings (SSSR count). The van der Waals surface area contributed by atoms with Crippen molar-refractivity contribution < 1.29 is 13.3 Å². The fourth-order valence-electron chi connectivity index (χ4n) is 1.16. The Morgan fingerprint density at radius 3 is 1.50 bits per heavy atom. The minimum Gasteiger partial charge on any atom is -0.376 e. The zero-order chi connectivity index (χ0) is 9.83. The molecular formula is C8H18O3Si. The van der Waals surface area contributed by atoms with Crippen LogP contribution >= 0.6 is 0 Å². The lowest BCUT2D eigenvalue weighted by molar-refractivity contribution is 0.104. The van der Waals surface area contributed by atoms with E-state index in [2.05, 4.69) is 6.58 Å². The van der Waals surface area contributed by atoms with E-state index in [0.29, 0.717) is 0 Å². The molecule has 0 aliphatic carbocycles. The monoisotopic (exact) mass is 190 g/mol. The summed E-state index contributed by atoms with van der Waals surface area (Å²) in [6.07, 6.45) is 1.80. The quantitative estimate of drug-likeness (QED) is 0.489. The van der Waals surface area contributed by atoms with E-state index in [9.17, 15) is 0 Å². The van der Waals surface area contributed by atoms with Gasteiger partial charge in [-0.3, -0.25) is 0 Å². The minimum absolute atomic E-state index is 0.259. The number of hydrogen-bond acceptors (Lipinski definition) is 3. The third-order valence-corrected chi connectivity index (χ3v) is 5.50. The number of rotatable bonds is 5. The highest BCUT2D eigenvalue weighted by molar-refractivity contribution is 6.64. The fourth-order valence-corrected chi connectivity index (χ4v) is 3.49. The van der Waals surface area contributed by atoms with Gasteiger partial charge in [-0.05, 0) is 0 Å². The van der Waals surface area contributed by atoms with Crippen LogP contribution in [0.2, 0.25) is 5.04 Å². The average Bonchev–Trinajstić information content (AvgIpc) is 2.08. The van der Waals surface area contributed by atoms with Crippen LogP contribution in [0.25, 0.3) is 0 Å². The van der Waals surface area contributed by atoms with Crippen LogP contribution in [0.15, 0.2) is 12.7 Å². The molecule has 0 aromatic carbocycles. The molecule has 0 heterocycles. The van der Waals surface area contributed by atoms with Gasteiger partial charge in [0.1, 0.15) is 0 Å². The molecule has 4 heteroatoms. The second kappa shape index (κ2) is 4.18. The van der Waals surface area contributed by atoms with Crippen molar-refractivity contribution in [3.8, 4) is 0 Å². The highest BCUT2D eigenvalue weighted by atomic mass is 28.4. The first-order chi connectivity index (χ1) is 5.49. The van der Waals surface area contributed by atoms with Crippen LogP contribution in [0.5, 0.6) is 0 Å². The van der Waals surface area contributed by atoms with Gasteiger partial charge in [-0.15, -0.1) is 6.58 Å². The second-order valence-electron chi connectivity index (χ2n) is 3.09. The molecule has 0 bridgehead atoms. The molecule has 0 spiro atoms. The molecule has 0 aromatic rings. The van der Waals surface area contributed by atoms with Crippen LogP contribution < -0.4 is 0 Å². The number of hydrogen-bond donors (Lipinski definition) is 0.